The van der Waals surface area contributed by atoms with Crippen LogP contribution in [0.25, 0.3) is 5.69 Å². The molecule has 20 heavy (non-hydrogen) atoms. The van der Waals surface area contributed by atoms with Gasteiger partial charge in [-0.25, -0.2) is 4.68 Å². The van der Waals surface area contributed by atoms with Crippen molar-refractivity contribution >= 4 is 17.1 Å². The summed E-state index contributed by atoms with van der Waals surface area (Å²) in [4.78, 5) is 14.4. The molecule has 0 bridgehead atoms. The molecule has 0 fully saturated rings. The zero-order valence-electron chi connectivity index (χ0n) is 11.3. The minimum absolute atomic E-state index is 0.0355. The number of para-hydroxylation sites is 1. The molecule has 0 spiro atoms. The normalized spacial score (nSPS) is 10.7. The summed E-state index contributed by atoms with van der Waals surface area (Å²) in [7, 11) is 0. The van der Waals surface area contributed by atoms with E-state index >= 15 is 0 Å². The molecule has 0 saturated carbocycles. The first-order chi connectivity index (χ1) is 9.65. The maximum absolute atomic E-state index is 12.4. The van der Waals surface area contributed by atoms with Gasteiger partial charge in [-0.3, -0.25) is 4.79 Å². The van der Waals surface area contributed by atoms with Crippen LogP contribution in [0.3, 0.4) is 0 Å². The molecule has 0 saturated heterocycles. The van der Waals surface area contributed by atoms with E-state index in [1.54, 1.807) is 17.1 Å². The molecule has 0 atom stereocenters. The highest BCUT2D eigenvalue weighted by Gasteiger charge is 2.15. The van der Waals surface area contributed by atoms with Gasteiger partial charge in [-0.2, -0.15) is 5.10 Å². The van der Waals surface area contributed by atoms with E-state index in [0.29, 0.717) is 5.56 Å². The summed E-state index contributed by atoms with van der Waals surface area (Å²) >= 11 is 1.54. The topological polar surface area (TPSA) is 34.9 Å². The summed E-state index contributed by atoms with van der Waals surface area (Å²) in [5.74, 6) is 0.0355. The summed E-state index contributed by atoms with van der Waals surface area (Å²) in [5.41, 5.74) is 2.73. The number of ketones is 1. The fraction of sp³-hybridized carbons (Fsp3) is 0.125. The van der Waals surface area contributed by atoms with Crippen LogP contribution in [0.5, 0.6) is 0 Å². The molecule has 4 heteroatoms. The van der Waals surface area contributed by atoms with E-state index in [1.807, 2.05) is 50.2 Å². The lowest BCUT2D eigenvalue weighted by Gasteiger charge is -1.98. The Kier molecular flexibility index (Phi) is 3.24. The zero-order chi connectivity index (χ0) is 14.1. The van der Waals surface area contributed by atoms with Crippen LogP contribution in [-0.4, -0.2) is 15.6 Å². The molecule has 0 aliphatic rings. The van der Waals surface area contributed by atoms with Crippen molar-refractivity contribution in [2.45, 2.75) is 13.8 Å². The average molecular weight is 282 g/mol. The van der Waals surface area contributed by atoms with Crippen LogP contribution in [0.15, 0.2) is 48.8 Å². The van der Waals surface area contributed by atoms with Gasteiger partial charge in [0, 0.05) is 11.1 Å². The highest BCUT2D eigenvalue weighted by molar-refractivity contribution is 7.14. The molecule has 3 nitrogen and oxygen atoms in total. The van der Waals surface area contributed by atoms with Gasteiger partial charge in [0.2, 0.25) is 5.78 Å². The van der Waals surface area contributed by atoms with Gasteiger partial charge in [0.25, 0.3) is 0 Å². The van der Waals surface area contributed by atoms with E-state index in [4.69, 9.17) is 0 Å². The summed E-state index contributed by atoms with van der Waals surface area (Å²) in [6, 6.07) is 11.7. The lowest BCUT2D eigenvalue weighted by Crippen LogP contribution is -1.97. The van der Waals surface area contributed by atoms with Crippen LogP contribution >= 0.6 is 11.3 Å². The Labute approximate surface area is 121 Å². The van der Waals surface area contributed by atoms with Crippen LogP contribution in [0, 0.1) is 13.8 Å². The highest BCUT2D eigenvalue weighted by Crippen LogP contribution is 2.23. The Morgan fingerprint density at radius 3 is 2.60 bits per heavy atom. The first-order valence-electron chi connectivity index (χ1n) is 6.37. The number of aryl methyl sites for hydroxylation is 2. The largest absolute Gasteiger partial charge is 0.288 e. The second-order valence-corrected chi connectivity index (χ2v) is 5.94. The number of carbonyl (C=O) groups excluding carboxylic acids is 1. The molecule has 100 valence electrons. The zero-order valence-corrected chi connectivity index (χ0v) is 12.1. The molecule has 0 radical (unpaired) electrons. The third-order valence-electron chi connectivity index (χ3n) is 3.26. The van der Waals surface area contributed by atoms with Crippen LogP contribution in [0.2, 0.25) is 0 Å². The summed E-state index contributed by atoms with van der Waals surface area (Å²) in [6.45, 7) is 4.06. The third-order valence-corrected chi connectivity index (χ3v) is 4.41. The first-order valence-corrected chi connectivity index (χ1v) is 7.18. The van der Waals surface area contributed by atoms with Crippen molar-refractivity contribution in [3.05, 3.63) is 69.7 Å². The highest BCUT2D eigenvalue weighted by atomic mass is 32.1. The summed E-state index contributed by atoms with van der Waals surface area (Å²) < 4.78 is 1.72. The maximum Gasteiger partial charge on any atom is 0.206 e. The van der Waals surface area contributed by atoms with Gasteiger partial charge >= 0.3 is 0 Å². The second-order valence-electron chi connectivity index (χ2n) is 4.69. The molecule has 0 unspecified atom stereocenters. The van der Waals surface area contributed by atoms with Crippen molar-refractivity contribution in [1.82, 2.24) is 9.78 Å². The monoisotopic (exact) mass is 282 g/mol. The Hall–Kier alpha value is -2.20. The Morgan fingerprint density at radius 2 is 1.95 bits per heavy atom. The molecule has 0 aliphatic carbocycles. The van der Waals surface area contributed by atoms with E-state index in [0.717, 1.165) is 16.1 Å². The predicted octanol–water partition coefficient (Wildman–Crippen LogP) is 3.78. The van der Waals surface area contributed by atoms with Crippen LogP contribution in [0.1, 0.15) is 25.7 Å². The number of benzene rings is 1. The number of thiophene rings is 1. The molecule has 0 N–H and O–H groups in total. The molecule has 2 heterocycles. The summed E-state index contributed by atoms with van der Waals surface area (Å²) in [5, 5.41) is 4.26. The lowest BCUT2D eigenvalue weighted by atomic mass is 10.2. The standard InChI is InChI=1S/C16H14N2OS/c1-11-8-15(20-12(11)2)16(19)13-9-17-18(10-13)14-6-4-3-5-7-14/h3-10H,1-2H3. The molecule has 1 aromatic carbocycles. The molecule has 3 rings (SSSR count). The van der Waals surface area contributed by atoms with Crippen LogP contribution in [-0.2, 0) is 0 Å². The average Bonchev–Trinajstić information content (AvgIpc) is 3.07. The number of hydrogen-bond acceptors (Lipinski definition) is 3. The van der Waals surface area contributed by atoms with Crippen molar-refractivity contribution in [1.29, 1.82) is 0 Å². The second kappa shape index (κ2) is 5.06. The first kappa shape index (κ1) is 12.8. The van der Waals surface area contributed by atoms with Gasteiger partial charge in [-0.05, 0) is 37.6 Å². The molecular weight excluding hydrogens is 268 g/mol. The fourth-order valence-electron chi connectivity index (χ4n) is 1.99. The molecular formula is C16H14N2OS. The SMILES string of the molecule is Cc1cc(C(=O)c2cnn(-c3ccccc3)c2)sc1C. The molecule has 0 aliphatic heterocycles. The van der Waals surface area contributed by atoms with E-state index in [1.165, 1.54) is 16.2 Å². The van der Waals surface area contributed by atoms with E-state index in [9.17, 15) is 4.79 Å². The van der Waals surface area contributed by atoms with E-state index in [2.05, 4.69) is 5.10 Å². The van der Waals surface area contributed by atoms with Crippen LogP contribution in [0.4, 0.5) is 0 Å². The van der Waals surface area contributed by atoms with E-state index in [-0.39, 0.29) is 5.78 Å². The molecule has 0 amide bonds. The lowest BCUT2D eigenvalue weighted by molar-refractivity contribution is 0.104. The third kappa shape index (κ3) is 2.30. The smallest absolute Gasteiger partial charge is 0.206 e. The molecule has 3 aromatic rings. The number of rotatable bonds is 3. The van der Waals surface area contributed by atoms with Gasteiger partial charge in [-0.1, -0.05) is 18.2 Å². The quantitative estimate of drug-likeness (QED) is 0.685. The van der Waals surface area contributed by atoms with Gasteiger partial charge < -0.3 is 0 Å². The van der Waals surface area contributed by atoms with Crippen molar-refractivity contribution in [3.8, 4) is 5.69 Å². The van der Waals surface area contributed by atoms with Crippen molar-refractivity contribution in [2.75, 3.05) is 0 Å². The predicted molar refractivity (Wildman–Crippen MR) is 80.8 cm³/mol. The number of aromatic nitrogens is 2. The van der Waals surface area contributed by atoms with Gasteiger partial charge in [-0.15, -0.1) is 11.3 Å². The Morgan fingerprint density at radius 1 is 1.20 bits per heavy atom. The summed E-state index contributed by atoms with van der Waals surface area (Å²) in [6.07, 6.45) is 3.40. The van der Waals surface area contributed by atoms with Gasteiger partial charge in [0.05, 0.1) is 22.3 Å². The van der Waals surface area contributed by atoms with Gasteiger partial charge in [0.1, 0.15) is 0 Å². The number of hydrogen-bond donors (Lipinski definition) is 0. The minimum atomic E-state index is 0.0355. The van der Waals surface area contributed by atoms with E-state index < -0.39 is 0 Å². The van der Waals surface area contributed by atoms with Crippen LogP contribution < -0.4 is 0 Å². The maximum atomic E-state index is 12.4. The Balaban J connectivity index is 1.92. The minimum Gasteiger partial charge on any atom is -0.288 e. The molecule has 2 aromatic heterocycles. The number of nitrogens with zero attached hydrogens (tertiary/aromatic N) is 2. The van der Waals surface area contributed by atoms with Crippen molar-refractivity contribution < 1.29 is 4.79 Å². The fourth-order valence-corrected chi connectivity index (χ4v) is 2.99. The number of carbonyl (C=O) groups is 1. The van der Waals surface area contributed by atoms with Crippen molar-refractivity contribution in [2.24, 2.45) is 0 Å². The van der Waals surface area contributed by atoms with Gasteiger partial charge in [0.15, 0.2) is 0 Å². The Bertz CT molecular complexity index is 736. The van der Waals surface area contributed by atoms with Crippen molar-refractivity contribution in [3.63, 3.8) is 0 Å².